The Labute approximate surface area is 119 Å². The fourth-order valence-corrected chi connectivity index (χ4v) is 2.87. The Bertz CT molecular complexity index is 415. The van der Waals surface area contributed by atoms with E-state index in [4.69, 9.17) is 22.2 Å². The minimum atomic E-state index is 0.0826. The van der Waals surface area contributed by atoms with Gasteiger partial charge in [-0.3, -0.25) is 16.0 Å². The standard InChI is InChI=1S/C13H23ClN4O/c1-3-18-11(13(14)9(2)17-18)8-10(16-15)12-6-4-5-7-19-12/h10,12,16H,3-8,15H2,1-2H3. The summed E-state index contributed by atoms with van der Waals surface area (Å²) in [6.45, 7) is 5.63. The Morgan fingerprint density at radius 1 is 1.58 bits per heavy atom. The molecule has 0 spiro atoms. The molecule has 0 amide bonds. The molecule has 0 radical (unpaired) electrons. The Kier molecular flexibility index (Phi) is 5.21. The van der Waals surface area contributed by atoms with Crippen LogP contribution in [0.1, 0.15) is 37.6 Å². The van der Waals surface area contributed by atoms with Crippen molar-refractivity contribution >= 4 is 11.6 Å². The van der Waals surface area contributed by atoms with E-state index < -0.39 is 0 Å². The first-order valence-corrected chi connectivity index (χ1v) is 7.34. The molecular formula is C13H23ClN4O. The number of nitrogens with two attached hydrogens (primary N) is 1. The second kappa shape index (κ2) is 6.70. The molecule has 0 bridgehead atoms. The fourth-order valence-electron chi connectivity index (χ4n) is 2.65. The minimum absolute atomic E-state index is 0.0826. The first kappa shape index (κ1) is 14.8. The topological polar surface area (TPSA) is 65.1 Å². The number of ether oxygens (including phenoxy) is 1. The van der Waals surface area contributed by atoms with E-state index in [-0.39, 0.29) is 12.1 Å². The van der Waals surface area contributed by atoms with Gasteiger partial charge < -0.3 is 4.74 Å². The summed E-state index contributed by atoms with van der Waals surface area (Å²) in [5.41, 5.74) is 4.80. The molecule has 1 fully saturated rings. The van der Waals surface area contributed by atoms with E-state index in [9.17, 15) is 0 Å². The second-order valence-corrected chi connectivity index (χ2v) is 5.42. The van der Waals surface area contributed by atoms with E-state index in [1.165, 1.54) is 6.42 Å². The summed E-state index contributed by atoms with van der Waals surface area (Å²) < 4.78 is 7.76. The smallest absolute Gasteiger partial charge is 0.0847 e. The van der Waals surface area contributed by atoms with E-state index in [1.54, 1.807) is 0 Å². The number of aromatic nitrogens is 2. The van der Waals surface area contributed by atoms with Crippen LogP contribution < -0.4 is 11.3 Å². The van der Waals surface area contributed by atoms with Gasteiger partial charge in [0.25, 0.3) is 0 Å². The molecule has 2 rings (SSSR count). The summed E-state index contributed by atoms with van der Waals surface area (Å²) >= 11 is 6.34. The van der Waals surface area contributed by atoms with Crippen molar-refractivity contribution in [2.24, 2.45) is 5.84 Å². The number of hydrogen-bond acceptors (Lipinski definition) is 4. The summed E-state index contributed by atoms with van der Waals surface area (Å²) in [5.74, 6) is 5.70. The van der Waals surface area contributed by atoms with Gasteiger partial charge in [0, 0.05) is 19.6 Å². The summed E-state index contributed by atoms with van der Waals surface area (Å²) in [6, 6.07) is 0.0826. The number of hydrogen-bond donors (Lipinski definition) is 2. The van der Waals surface area contributed by atoms with Crippen molar-refractivity contribution in [3.63, 3.8) is 0 Å². The largest absolute Gasteiger partial charge is 0.377 e. The van der Waals surface area contributed by atoms with Crippen molar-refractivity contribution in [2.45, 2.75) is 58.2 Å². The quantitative estimate of drug-likeness (QED) is 0.640. The monoisotopic (exact) mass is 286 g/mol. The summed E-state index contributed by atoms with van der Waals surface area (Å²) in [4.78, 5) is 0. The van der Waals surface area contributed by atoms with Crippen LogP contribution in [0.2, 0.25) is 5.02 Å². The van der Waals surface area contributed by atoms with Crippen molar-refractivity contribution in [2.75, 3.05) is 6.61 Å². The van der Waals surface area contributed by atoms with Crippen molar-refractivity contribution < 1.29 is 4.74 Å². The maximum atomic E-state index is 6.34. The van der Waals surface area contributed by atoms with Crippen LogP contribution in [0.4, 0.5) is 0 Å². The highest BCUT2D eigenvalue weighted by Crippen LogP contribution is 2.24. The zero-order chi connectivity index (χ0) is 13.8. The molecule has 1 aromatic rings. The molecule has 0 saturated carbocycles. The van der Waals surface area contributed by atoms with Gasteiger partial charge in [0.1, 0.15) is 0 Å². The van der Waals surface area contributed by atoms with Crippen LogP contribution in [0.5, 0.6) is 0 Å². The predicted molar refractivity (Wildman–Crippen MR) is 76.1 cm³/mol. The van der Waals surface area contributed by atoms with Gasteiger partial charge in [0.15, 0.2) is 0 Å². The molecule has 3 N–H and O–H groups in total. The molecule has 2 heterocycles. The molecule has 5 nitrogen and oxygen atoms in total. The van der Waals surface area contributed by atoms with Gasteiger partial charge in [-0.15, -0.1) is 0 Å². The van der Waals surface area contributed by atoms with Gasteiger partial charge in [0.05, 0.1) is 28.6 Å². The normalized spacial score (nSPS) is 21.6. The Balaban J connectivity index is 2.13. The predicted octanol–water partition coefficient (Wildman–Crippen LogP) is 1.81. The molecule has 6 heteroatoms. The third kappa shape index (κ3) is 3.28. The molecule has 19 heavy (non-hydrogen) atoms. The lowest BCUT2D eigenvalue weighted by atomic mass is 9.98. The molecule has 0 aromatic carbocycles. The molecule has 108 valence electrons. The molecule has 1 saturated heterocycles. The number of nitrogens with one attached hydrogen (secondary N) is 1. The molecule has 2 unspecified atom stereocenters. The van der Waals surface area contributed by atoms with Crippen molar-refractivity contribution in [1.82, 2.24) is 15.2 Å². The molecule has 0 aliphatic carbocycles. The average molecular weight is 287 g/mol. The first-order chi connectivity index (χ1) is 9.17. The number of aryl methyl sites for hydroxylation is 2. The van der Waals surface area contributed by atoms with Crippen molar-refractivity contribution in [3.8, 4) is 0 Å². The highest BCUT2D eigenvalue weighted by atomic mass is 35.5. The van der Waals surface area contributed by atoms with Gasteiger partial charge in [0.2, 0.25) is 0 Å². The van der Waals surface area contributed by atoms with Gasteiger partial charge in [-0.1, -0.05) is 11.6 Å². The molecule has 1 aromatic heterocycles. The SMILES string of the molecule is CCn1nc(C)c(Cl)c1CC(NN)C1CCCCO1. The number of hydrazine groups is 1. The van der Waals surface area contributed by atoms with Crippen LogP contribution in [-0.4, -0.2) is 28.5 Å². The van der Waals surface area contributed by atoms with Crippen LogP contribution >= 0.6 is 11.6 Å². The summed E-state index contributed by atoms with van der Waals surface area (Å²) in [5, 5.41) is 5.18. The summed E-state index contributed by atoms with van der Waals surface area (Å²) in [6.07, 6.45) is 4.29. The van der Waals surface area contributed by atoms with Crippen LogP contribution in [-0.2, 0) is 17.7 Å². The van der Waals surface area contributed by atoms with Crippen molar-refractivity contribution in [1.29, 1.82) is 0 Å². The number of rotatable bonds is 5. The lowest BCUT2D eigenvalue weighted by molar-refractivity contribution is -0.00780. The molecule has 1 aliphatic heterocycles. The van der Waals surface area contributed by atoms with Crippen LogP contribution in [0.15, 0.2) is 0 Å². The molecular weight excluding hydrogens is 264 g/mol. The van der Waals surface area contributed by atoms with Gasteiger partial charge >= 0.3 is 0 Å². The van der Waals surface area contributed by atoms with Gasteiger partial charge in [-0.25, -0.2) is 0 Å². The maximum absolute atomic E-state index is 6.34. The van der Waals surface area contributed by atoms with Gasteiger partial charge in [-0.05, 0) is 33.1 Å². The third-order valence-electron chi connectivity index (χ3n) is 3.74. The van der Waals surface area contributed by atoms with E-state index >= 15 is 0 Å². The van der Waals surface area contributed by atoms with E-state index in [0.29, 0.717) is 0 Å². The van der Waals surface area contributed by atoms with Crippen LogP contribution in [0, 0.1) is 6.92 Å². The highest BCUT2D eigenvalue weighted by Gasteiger charge is 2.26. The summed E-state index contributed by atoms with van der Waals surface area (Å²) in [7, 11) is 0. The second-order valence-electron chi connectivity index (χ2n) is 5.04. The van der Waals surface area contributed by atoms with E-state index in [0.717, 1.165) is 48.8 Å². The van der Waals surface area contributed by atoms with Gasteiger partial charge in [-0.2, -0.15) is 5.10 Å². The lowest BCUT2D eigenvalue weighted by Crippen LogP contribution is -2.48. The fraction of sp³-hybridized carbons (Fsp3) is 0.769. The zero-order valence-electron chi connectivity index (χ0n) is 11.7. The Morgan fingerprint density at radius 3 is 2.95 bits per heavy atom. The molecule has 2 atom stereocenters. The average Bonchev–Trinajstić information content (AvgIpc) is 2.72. The van der Waals surface area contributed by atoms with Crippen LogP contribution in [0.25, 0.3) is 0 Å². The maximum Gasteiger partial charge on any atom is 0.0847 e. The molecule has 1 aliphatic rings. The van der Waals surface area contributed by atoms with Crippen LogP contribution in [0.3, 0.4) is 0 Å². The first-order valence-electron chi connectivity index (χ1n) is 6.96. The zero-order valence-corrected chi connectivity index (χ0v) is 12.4. The lowest BCUT2D eigenvalue weighted by Gasteiger charge is -2.30. The Hall–Kier alpha value is -0.620. The Morgan fingerprint density at radius 2 is 2.37 bits per heavy atom. The van der Waals surface area contributed by atoms with E-state index in [2.05, 4.69) is 17.4 Å². The minimum Gasteiger partial charge on any atom is -0.377 e. The number of nitrogens with zero attached hydrogens (tertiary/aromatic N) is 2. The van der Waals surface area contributed by atoms with Crippen molar-refractivity contribution in [3.05, 3.63) is 16.4 Å². The highest BCUT2D eigenvalue weighted by molar-refractivity contribution is 6.31. The number of halogens is 1. The third-order valence-corrected chi connectivity index (χ3v) is 4.24. The van der Waals surface area contributed by atoms with E-state index in [1.807, 2.05) is 11.6 Å².